The number of halogens is 1. The molecule has 6 heteroatoms. The lowest BCUT2D eigenvalue weighted by atomic mass is 9.85. The van der Waals surface area contributed by atoms with Gasteiger partial charge in [0.05, 0.1) is 17.5 Å². The van der Waals surface area contributed by atoms with Crippen molar-refractivity contribution in [1.29, 1.82) is 0 Å². The van der Waals surface area contributed by atoms with Gasteiger partial charge in [-0.1, -0.05) is 23.7 Å². The molecule has 0 bridgehead atoms. The predicted molar refractivity (Wildman–Crippen MR) is 80.4 cm³/mol. The number of allylic oxidation sites excluding steroid dienone is 2. The molecule has 3 rings (SSSR count). The lowest BCUT2D eigenvalue weighted by Crippen LogP contribution is -2.30. The number of anilines is 1. The minimum absolute atomic E-state index is 0.226. The molecule has 1 aliphatic heterocycles. The van der Waals surface area contributed by atoms with Crippen LogP contribution >= 0.6 is 11.6 Å². The summed E-state index contributed by atoms with van der Waals surface area (Å²) in [6.07, 6.45) is 2.68. The molecule has 114 valence electrons. The highest BCUT2D eigenvalue weighted by Crippen LogP contribution is 2.41. The van der Waals surface area contributed by atoms with E-state index in [0.29, 0.717) is 29.3 Å². The SMILES string of the molecule is CC(=O)Oc1cccc(N2C(=O)[C@H]3CC=C(Cl)C[C@@H]3C2=O)c1. The summed E-state index contributed by atoms with van der Waals surface area (Å²) in [4.78, 5) is 37.3. The van der Waals surface area contributed by atoms with Crippen LogP contribution in [0.5, 0.6) is 5.75 Å². The molecule has 1 heterocycles. The topological polar surface area (TPSA) is 63.7 Å². The molecule has 0 radical (unpaired) electrons. The third kappa shape index (κ3) is 2.52. The Balaban J connectivity index is 1.91. The van der Waals surface area contributed by atoms with Crippen LogP contribution in [0.15, 0.2) is 35.4 Å². The summed E-state index contributed by atoms with van der Waals surface area (Å²) in [5.41, 5.74) is 0.416. The normalized spacial score (nSPS) is 24.1. The zero-order valence-electron chi connectivity index (χ0n) is 11.9. The van der Waals surface area contributed by atoms with Crippen LogP contribution in [-0.2, 0) is 14.4 Å². The van der Waals surface area contributed by atoms with Crippen molar-refractivity contribution >= 4 is 35.1 Å². The molecule has 22 heavy (non-hydrogen) atoms. The molecule has 0 N–H and O–H groups in total. The van der Waals surface area contributed by atoms with Crippen molar-refractivity contribution in [2.24, 2.45) is 11.8 Å². The van der Waals surface area contributed by atoms with Crippen LogP contribution in [0.4, 0.5) is 5.69 Å². The number of fused-ring (bicyclic) bond motifs is 1. The summed E-state index contributed by atoms with van der Waals surface area (Å²) >= 11 is 5.99. The molecule has 2 atom stereocenters. The van der Waals surface area contributed by atoms with E-state index < -0.39 is 11.9 Å². The van der Waals surface area contributed by atoms with Crippen LogP contribution in [0.1, 0.15) is 19.8 Å². The van der Waals surface area contributed by atoms with E-state index in [1.807, 2.05) is 0 Å². The minimum atomic E-state index is -0.458. The van der Waals surface area contributed by atoms with Crippen molar-refractivity contribution in [3.63, 3.8) is 0 Å². The number of nitrogens with zero attached hydrogens (tertiary/aromatic N) is 1. The molecule has 1 saturated heterocycles. The van der Waals surface area contributed by atoms with Crippen LogP contribution in [0, 0.1) is 11.8 Å². The monoisotopic (exact) mass is 319 g/mol. The third-order valence-corrected chi connectivity index (χ3v) is 4.22. The number of esters is 1. The highest BCUT2D eigenvalue weighted by atomic mass is 35.5. The summed E-state index contributed by atoms with van der Waals surface area (Å²) in [7, 11) is 0. The largest absolute Gasteiger partial charge is 0.427 e. The second-order valence-corrected chi connectivity index (χ2v) is 5.89. The van der Waals surface area contributed by atoms with Crippen LogP contribution in [-0.4, -0.2) is 17.8 Å². The van der Waals surface area contributed by atoms with Gasteiger partial charge in [-0.3, -0.25) is 14.4 Å². The number of hydrogen-bond acceptors (Lipinski definition) is 4. The number of imide groups is 1. The zero-order chi connectivity index (χ0) is 15.9. The number of carbonyl (C=O) groups is 3. The molecule has 0 aromatic heterocycles. The summed E-state index contributed by atoms with van der Waals surface area (Å²) in [6.45, 7) is 1.29. The van der Waals surface area contributed by atoms with Gasteiger partial charge in [-0.05, 0) is 25.0 Å². The molecular weight excluding hydrogens is 306 g/mol. The van der Waals surface area contributed by atoms with E-state index >= 15 is 0 Å². The average molecular weight is 320 g/mol. The van der Waals surface area contributed by atoms with Crippen LogP contribution < -0.4 is 9.64 Å². The average Bonchev–Trinajstić information content (AvgIpc) is 2.70. The fourth-order valence-corrected chi connectivity index (χ4v) is 3.19. The molecular formula is C16H14ClNO4. The van der Waals surface area contributed by atoms with Crippen molar-refractivity contribution in [3.8, 4) is 5.75 Å². The molecule has 0 unspecified atom stereocenters. The highest BCUT2D eigenvalue weighted by Gasteiger charge is 2.49. The quantitative estimate of drug-likeness (QED) is 0.477. The van der Waals surface area contributed by atoms with E-state index in [1.165, 1.54) is 17.9 Å². The first-order chi connectivity index (χ1) is 10.5. The minimum Gasteiger partial charge on any atom is -0.427 e. The van der Waals surface area contributed by atoms with E-state index in [0.717, 1.165) is 0 Å². The lowest BCUT2D eigenvalue weighted by Gasteiger charge is -2.17. The van der Waals surface area contributed by atoms with Crippen molar-refractivity contribution in [2.75, 3.05) is 4.90 Å². The van der Waals surface area contributed by atoms with Gasteiger partial charge in [0.25, 0.3) is 0 Å². The van der Waals surface area contributed by atoms with Crippen molar-refractivity contribution in [2.45, 2.75) is 19.8 Å². The van der Waals surface area contributed by atoms with Gasteiger partial charge in [0.15, 0.2) is 0 Å². The molecule has 1 aliphatic carbocycles. The first-order valence-electron chi connectivity index (χ1n) is 6.98. The second kappa shape index (κ2) is 5.57. The maximum atomic E-state index is 12.5. The first-order valence-corrected chi connectivity index (χ1v) is 7.36. The van der Waals surface area contributed by atoms with Gasteiger partial charge in [0.2, 0.25) is 11.8 Å². The van der Waals surface area contributed by atoms with Crippen molar-refractivity contribution in [1.82, 2.24) is 0 Å². The Morgan fingerprint density at radius 1 is 1.27 bits per heavy atom. The summed E-state index contributed by atoms with van der Waals surface area (Å²) in [5, 5.41) is 0.623. The summed E-state index contributed by atoms with van der Waals surface area (Å²) in [5.74, 6) is -1.39. The summed E-state index contributed by atoms with van der Waals surface area (Å²) in [6, 6.07) is 6.40. The number of benzene rings is 1. The van der Waals surface area contributed by atoms with E-state index in [2.05, 4.69) is 0 Å². The summed E-state index contributed by atoms with van der Waals surface area (Å²) < 4.78 is 5.00. The Morgan fingerprint density at radius 2 is 2.00 bits per heavy atom. The number of amides is 2. The van der Waals surface area contributed by atoms with E-state index in [9.17, 15) is 14.4 Å². The second-order valence-electron chi connectivity index (χ2n) is 5.41. The fourth-order valence-electron chi connectivity index (χ4n) is 2.93. The van der Waals surface area contributed by atoms with Gasteiger partial charge >= 0.3 is 5.97 Å². The number of hydrogen-bond donors (Lipinski definition) is 0. The highest BCUT2D eigenvalue weighted by molar-refractivity contribution is 6.30. The smallest absolute Gasteiger partial charge is 0.308 e. The predicted octanol–water partition coefficient (Wildman–Crippen LogP) is 2.63. The van der Waals surface area contributed by atoms with Crippen LogP contribution in [0.2, 0.25) is 0 Å². The number of rotatable bonds is 2. The lowest BCUT2D eigenvalue weighted by molar-refractivity contribution is -0.132. The maximum absolute atomic E-state index is 12.5. The zero-order valence-corrected chi connectivity index (χ0v) is 12.7. The van der Waals surface area contributed by atoms with Gasteiger partial charge in [-0.2, -0.15) is 0 Å². The van der Waals surface area contributed by atoms with Crippen LogP contribution in [0.25, 0.3) is 0 Å². The van der Waals surface area contributed by atoms with E-state index in [-0.39, 0.29) is 17.7 Å². The fraction of sp³-hybridized carbons (Fsp3) is 0.312. The van der Waals surface area contributed by atoms with E-state index in [4.69, 9.17) is 16.3 Å². The Labute approximate surface area is 132 Å². The van der Waals surface area contributed by atoms with Crippen molar-refractivity contribution in [3.05, 3.63) is 35.4 Å². The molecule has 1 aromatic carbocycles. The molecule has 0 saturated carbocycles. The molecule has 1 fully saturated rings. The number of carbonyl (C=O) groups excluding carboxylic acids is 3. The molecule has 1 aromatic rings. The third-order valence-electron chi connectivity index (χ3n) is 3.91. The molecule has 5 nitrogen and oxygen atoms in total. The standard InChI is InChI=1S/C16H14ClNO4/c1-9(19)22-12-4-2-3-11(8-12)18-15(20)13-6-5-10(17)7-14(13)16(18)21/h2-5,8,13-14H,6-7H2,1H3/t13-,14-/m0/s1. The molecule has 0 spiro atoms. The Hall–Kier alpha value is -2.14. The molecule has 2 aliphatic rings. The molecule has 2 amide bonds. The van der Waals surface area contributed by atoms with Gasteiger partial charge < -0.3 is 4.74 Å². The van der Waals surface area contributed by atoms with Gasteiger partial charge in [0, 0.05) is 18.0 Å². The Morgan fingerprint density at radius 3 is 2.73 bits per heavy atom. The van der Waals surface area contributed by atoms with E-state index in [1.54, 1.807) is 24.3 Å². The van der Waals surface area contributed by atoms with Gasteiger partial charge in [-0.25, -0.2) is 4.90 Å². The Bertz CT molecular complexity index is 697. The number of ether oxygens (including phenoxy) is 1. The van der Waals surface area contributed by atoms with Crippen LogP contribution in [0.3, 0.4) is 0 Å². The first kappa shape index (κ1) is 14.8. The maximum Gasteiger partial charge on any atom is 0.308 e. The van der Waals surface area contributed by atoms with Gasteiger partial charge in [-0.15, -0.1) is 0 Å². The Kier molecular flexibility index (Phi) is 3.74. The van der Waals surface area contributed by atoms with Crippen molar-refractivity contribution < 1.29 is 19.1 Å². The van der Waals surface area contributed by atoms with Gasteiger partial charge in [0.1, 0.15) is 5.75 Å².